The Morgan fingerprint density at radius 2 is 2.03 bits per heavy atom. The largest absolute Gasteiger partial charge is 0.497 e. The van der Waals surface area contributed by atoms with Gasteiger partial charge < -0.3 is 24.1 Å². The SMILES string of the molecule is COc1ccc(C(=O)NCc2cc(-c3ccc4c(c3)CC(C)O4)on2)c(OC)c1. The molecule has 7 nitrogen and oxygen atoms in total. The van der Waals surface area contributed by atoms with Crippen LogP contribution in [-0.4, -0.2) is 31.4 Å². The number of benzene rings is 2. The van der Waals surface area contributed by atoms with Crippen LogP contribution in [0.15, 0.2) is 47.0 Å². The van der Waals surface area contributed by atoms with Gasteiger partial charge in [-0.1, -0.05) is 5.16 Å². The van der Waals surface area contributed by atoms with E-state index in [0.717, 1.165) is 23.3 Å². The molecule has 1 atom stereocenters. The summed E-state index contributed by atoms with van der Waals surface area (Å²) >= 11 is 0. The van der Waals surface area contributed by atoms with Crippen LogP contribution in [0.2, 0.25) is 0 Å². The first-order chi connectivity index (χ1) is 14.1. The van der Waals surface area contributed by atoms with Crippen LogP contribution in [0.25, 0.3) is 11.3 Å². The quantitative estimate of drug-likeness (QED) is 0.688. The van der Waals surface area contributed by atoms with Crippen LogP contribution < -0.4 is 19.5 Å². The molecule has 0 saturated carbocycles. The third-order valence-corrected chi connectivity index (χ3v) is 4.82. The molecule has 1 aliphatic rings. The second-order valence-electron chi connectivity index (χ2n) is 6.89. The second-order valence-corrected chi connectivity index (χ2v) is 6.89. The highest BCUT2D eigenvalue weighted by atomic mass is 16.5. The average Bonchev–Trinajstić information content (AvgIpc) is 3.36. The smallest absolute Gasteiger partial charge is 0.255 e. The molecule has 1 aliphatic heterocycles. The van der Waals surface area contributed by atoms with Gasteiger partial charge in [0.15, 0.2) is 5.76 Å². The maximum Gasteiger partial charge on any atom is 0.255 e. The van der Waals surface area contributed by atoms with E-state index in [2.05, 4.69) is 16.5 Å². The van der Waals surface area contributed by atoms with Crippen molar-refractivity contribution in [1.29, 1.82) is 0 Å². The maximum atomic E-state index is 12.5. The molecule has 1 N–H and O–H groups in total. The van der Waals surface area contributed by atoms with E-state index in [0.29, 0.717) is 28.5 Å². The highest BCUT2D eigenvalue weighted by molar-refractivity contribution is 5.97. The fraction of sp³-hybridized carbons (Fsp3) is 0.273. The van der Waals surface area contributed by atoms with E-state index in [4.69, 9.17) is 18.7 Å². The number of nitrogens with one attached hydrogen (secondary N) is 1. The zero-order valence-electron chi connectivity index (χ0n) is 16.5. The summed E-state index contributed by atoms with van der Waals surface area (Å²) in [5, 5.41) is 6.90. The van der Waals surface area contributed by atoms with E-state index in [1.807, 2.05) is 25.1 Å². The molecule has 1 amide bonds. The van der Waals surface area contributed by atoms with Crippen molar-refractivity contribution in [3.63, 3.8) is 0 Å². The molecule has 1 aromatic heterocycles. The molecule has 29 heavy (non-hydrogen) atoms. The van der Waals surface area contributed by atoms with Gasteiger partial charge in [-0.3, -0.25) is 4.79 Å². The Hall–Kier alpha value is -3.48. The summed E-state index contributed by atoms with van der Waals surface area (Å²) in [6, 6.07) is 12.8. The first kappa shape index (κ1) is 18.9. The zero-order valence-corrected chi connectivity index (χ0v) is 16.5. The maximum absolute atomic E-state index is 12.5. The predicted octanol–water partition coefficient (Wildman–Crippen LogP) is 3.61. The zero-order chi connectivity index (χ0) is 20.4. The van der Waals surface area contributed by atoms with Crippen LogP contribution in [-0.2, 0) is 13.0 Å². The number of hydrogen-bond donors (Lipinski definition) is 1. The number of rotatable bonds is 6. The van der Waals surface area contributed by atoms with E-state index in [1.54, 1.807) is 25.3 Å². The molecule has 150 valence electrons. The fourth-order valence-corrected chi connectivity index (χ4v) is 3.36. The molecule has 0 aliphatic carbocycles. The molecule has 7 heteroatoms. The van der Waals surface area contributed by atoms with Gasteiger partial charge in [-0.15, -0.1) is 0 Å². The van der Waals surface area contributed by atoms with Gasteiger partial charge in [0.05, 0.1) is 26.3 Å². The summed E-state index contributed by atoms with van der Waals surface area (Å²) in [5.41, 5.74) is 3.15. The minimum Gasteiger partial charge on any atom is -0.497 e. The van der Waals surface area contributed by atoms with Crippen LogP contribution in [0.3, 0.4) is 0 Å². The molecule has 2 aromatic carbocycles. The lowest BCUT2D eigenvalue weighted by molar-refractivity contribution is 0.0947. The number of carbonyl (C=O) groups excluding carboxylic acids is 1. The summed E-state index contributed by atoms with van der Waals surface area (Å²) in [7, 11) is 3.07. The lowest BCUT2D eigenvalue weighted by Gasteiger charge is -2.10. The normalized spacial score (nSPS) is 14.8. The van der Waals surface area contributed by atoms with Crippen molar-refractivity contribution in [3.8, 4) is 28.6 Å². The molecule has 3 aromatic rings. The monoisotopic (exact) mass is 394 g/mol. The van der Waals surface area contributed by atoms with Crippen LogP contribution in [0.5, 0.6) is 17.2 Å². The molecule has 0 bridgehead atoms. The van der Waals surface area contributed by atoms with E-state index in [-0.39, 0.29) is 18.6 Å². The molecule has 2 heterocycles. The fourth-order valence-electron chi connectivity index (χ4n) is 3.36. The Bertz CT molecular complexity index is 1040. The number of ether oxygens (including phenoxy) is 3. The van der Waals surface area contributed by atoms with Crippen molar-refractivity contribution in [2.24, 2.45) is 0 Å². The van der Waals surface area contributed by atoms with Gasteiger partial charge in [0.1, 0.15) is 29.0 Å². The van der Waals surface area contributed by atoms with Crippen molar-refractivity contribution in [3.05, 3.63) is 59.3 Å². The average molecular weight is 394 g/mol. The van der Waals surface area contributed by atoms with Gasteiger partial charge in [-0.2, -0.15) is 0 Å². The number of fused-ring (bicyclic) bond motifs is 1. The molecule has 0 spiro atoms. The number of amides is 1. The Kier molecular flexibility index (Phi) is 5.12. The number of nitrogens with zero attached hydrogens (tertiary/aromatic N) is 1. The third kappa shape index (κ3) is 3.89. The van der Waals surface area contributed by atoms with Gasteiger partial charge in [-0.05, 0) is 42.8 Å². The Morgan fingerprint density at radius 1 is 1.17 bits per heavy atom. The number of carbonyl (C=O) groups is 1. The topological polar surface area (TPSA) is 82.8 Å². The first-order valence-corrected chi connectivity index (χ1v) is 9.33. The van der Waals surface area contributed by atoms with Gasteiger partial charge in [0, 0.05) is 24.1 Å². The van der Waals surface area contributed by atoms with Crippen LogP contribution in [0, 0.1) is 0 Å². The van der Waals surface area contributed by atoms with Crippen molar-refractivity contribution in [1.82, 2.24) is 10.5 Å². The van der Waals surface area contributed by atoms with Crippen LogP contribution in [0.1, 0.15) is 28.5 Å². The number of hydrogen-bond acceptors (Lipinski definition) is 6. The Balaban J connectivity index is 1.44. The summed E-state index contributed by atoms with van der Waals surface area (Å²) in [5.74, 6) is 2.36. The van der Waals surface area contributed by atoms with E-state index >= 15 is 0 Å². The summed E-state index contributed by atoms with van der Waals surface area (Å²) in [4.78, 5) is 12.5. The Labute approximate surface area is 168 Å². The minimum absolute atomic E-state index is 0.190. The lowest BCUT2D eigenvalue weighted by Crippen LogP contribution is -2.23. The molecule has 0 fully saturated rings. The number of methoxy groups -OCH3 is 2. The van der Waals surface area contributed by atoms with Gasteiger partial charge >= 0.3 is 0 Å². The predicted molar refractivity (Wildman–Crippen MR) is 106 cm³/mol. The summed E-state index contributed by atoms with van der Waals surface area (Å²) in [6.45, 7) is 2.29. The van der Waals surface area contributed by atoms with Crippen molar-refractivity contribution < 1.29 is 23.5 Å². The molecular formula is C22H22N2O5. The second kappa shape index (κ2) is 7.87. The molecule has 0 radical (unpaired) electrons. The van der Waals surface area contributed by atoms with Crippen molar-refractivity contribution in [2.75, 3.05) is 14.2 Å². The highest BCUT2D eigenvalue weighted by Gasteiger charge is 2.20. The van der Waals surface area contributed by atoms with Crippen molar-refractivity contribution >= 4 is 5.91 Å². The van der Waals surface area contributed by atoms with E-state index < -0.39 is 0 Å². The minimum atomic E-state index is -0.266. The lowest BCUT2D eigenvalue weighted by atomic mass is 10.1. The standard InChI is InChI=1S/C22H22N2O5/c1-13-8-15-9-14(4-7-19(15)28-13)20-10-16(24-29-20)12-23-22(25)18-6-5-17(26-2)11-21(18)27-3/h4-7,9-11,13H,8,12H2,1-3H3,(H,23,25). The van der Waals surface area contributed by atoms with Crippen LogP contribution in [0.4, 0.5) is 0 Å². The molecule has 0 saturated heterocycles. The van der Waals surface area contributed by atoms with E-state index in [9.17, 15) is 4.79 Å². The third-order valence-electron chi connectivity index (χ3n) is 4.82. The highest BCUT2D eigenvalue weighted by Crippen LogP contribution is 2.33. The van der Waals surface area contributed by atoms with Gasteiger partial charge in [0.2, 0.25) is 0 Å². The van der Waals surface area contributed by atoms with Gasteiger partial charge in [0.25, 0.3) is 5.91 Å². The molecule has 1 unspecified atom stereocenters. The first-order valence-electron chi connectivity index (χ1n) is 9.33. The number of aromatic nitrogens is 1. The molecule has 4 rings (SSSR count). The van der Waals surface area contributed by atoms with Gasteiger partial charge in [-0.25, -0.2) is 0 Å². The summed E-state index contributed by atoms with van der Waals surface area (Å²) < 4.78 is 21.6. The van der Waals surface area contributed by atoms with E-state index in [1.165, 1.54) is 7.11 Å². The Morgan fingerprint density at radius 3 is 2.83 bits per heavy atom. The molecular weight excluding hydrogens is 372 g/mol. The van der Waals surface area contributed by atoms with Crippen LogP contribution >= 0.6 is 0 Å². The summed E-state index contributed by atoms with van der Waals surface area (Å²) in [6.07, 6.45) is 1.07. The van der Waals surface area contributed by atoms with Crippen molar-refractivity contribution in [2.45, 2.75) is 26.0 Å².